The quantitative estimate of drug-likeness (QED) is 0.691. The van der Waals surface area contributed by atoms with Crippen LogP contribution in [0.1, 0.15) is 0 Å². The Labute approximate surface area is 77.4 Å². The fraction of sp³-hybridized carbons (Fsp3) is 0.250. The van der Waals surface area contributed by atoms with E-state index in [1.54, 1.807) is 25.3 Å². The summed E-state index contributed by atoms with van der Waals surface area (Å²) in [5, 5.41) is 8.43. The summed E-state index contributed by atoms with van der Waals surface area (Å²) in [7, 11) is 3.68. The van der Waals surface area contributed by atoms with E-state index in [9.17, 15) is 0 Å². The Morgan fingerprint density at radius 2 is 1.92 bits per heavy atom. The Morgan fingerprint density at radius 1 is 1.15 bits per heavy atom. The molecule has 1 N–H and O–H groups in total. The van der Waals surface area contributed by atoms with Gasteiger partial charge in [-0.3, -0.25) is 0 Å². The van der Waals surface area contributed by atoms with Crippen molar-refractivity contribution in [3.63, 3.8) is 0 Å². The molecule has 1 radical (unpaired) electrons. The molecule has 0 aliphatic heterocycles. The third kappa shape index (κ3) is 2.29. The van der Waals surface area contributed by atoms with Gasteiger partial charge in [-0.1, -0.05) is 0 Å². The first kappa shape index (κ1) is 9.73. The molecule has 13 heavy (non-hydrogen) atoms. The first-order valence-corrected chi connectivity index (χ1v) is 3.66. The highest BCUT2D eigenvalue weighted by atomic mass is 16.5. The molecule has 0 heterocycles. The standard InChI is InChI=1S/C8H10BO4/c1-11-6-3-4-7(13-9-10)8(5-6)12-2/h3-5,10H,1-2H3. The lowest BCUT2D eigenvalue weighted by Gasteiger charge is -2.09. The molecule has 0 aliphatic carbocycles. The third-order valence-corrected chi connectivity index (χ3v) is 1.55. The van der Waals surface area contributed by atoms with Crippen molar-refractivity contribution in [2.75, 3.05) is 14.2 Å². The smallest absolute Gasteiger partial charge is 0.535 e. The summed E-state index contributed by atoms with van der Waals surface area (Å²) in [4.78, 5) is 0. The maximum absolute atomic E-state index is 8.43. The van der Waals surface area contributed by atoms with Crippen LogP contribution in [-0.4, -0.2) is 26.9 Å². The summed E-state index contributed by atoms with van der Waals surface area (Å²) in [6, 6.07) is 5.02. The van der Waals surface area contributed by atoms with E-state index < -0.39 is 0 Å². The van der Waals surface area contributed by atoms with E-state index in [1.807, 2.05) is 0 Å². The van der Waals surface area contributed by atoms with Gasteiger partial charge >= 0.3 is 7.69 Å². The van der Waals surface area contributed by atoms with E-state index in [0.717, 1.165) is 0 Å². The summed E-state index contributed by atoms with van der Waals surface area (Å²) in [6.07, 6.45) is 0. The van der Waals surface area contributed by atoms with Crippen LogP contribution in [0.3, 0.4) is 0 Å². The number of methoxy groups -OCH3 is 2. The molecule has 0 atom stereocenters. The van der Waals surface area contributed by atoms with E-state index >= 15 is 0 Å². The molecule has 5 heteroatoms. The second-order valence-corrected chi connectivity index (χ2v) is 2.24. The molecule has 0 saturated heterocycles. The molecular formula is C8H10BO4. The van der Waals surface area contributed by atoms with Gasteiger partial charge in [0, 0.05) is 6.07 Å². The van der Waals surface area contributed by atoms with E-state index in [-0.39, 0.29) is 0 Å². The second kappa shape index (κ2) is 4.62. The summed E-state index contributed by atoms with van der Waals surface area (Å²) >= 11 is 0. The lowest BCUT2D eigenvalue weighted by Crippen LogP contribution is -2.01. The van der Waals surface area contributed by atoms with Crippen molar-refractivity contribution < 1.29 is 19.2 Å². The zero-order chi connectivity index (χ0) is 9.68. The maximum atomic E-state index is 8.43. The first-order chi connectivity index (χ1) is 6.31. The van der Waals surface area contributed by atoms with Crippen molar-refractivity contribution in [1.82, 2.24) is 0 Å². The highest BCUT2D eigenvalue weighted by Gasteiger charge is 2.05. The molecule has 0 fully saturated rings. The Bertz CT molecular complexity index is 277. The van der Waals surface area contributed by atoms with Crippen molar-refractivity contribution in [3.05, 3.63) is 18.2 Å². The van der Waals surface area contributed by atoms with E-state index in [4.69, 9.17) is 19.2 Å². The molecule has 0 spiro atoms. The average Bonchev–Trinajstić information content (AvgIpc) is 2.19. The Kier molecular flexibility index (Phi) is 3.46. The largest absolute Gasteiger partial charge is 0.569 e. The molecule has 0 saturated carbocycles. The minimum atomic E-state index is 0.436. The Balaban J connectivity index is 2.93. The monoisotopic (exact) mass is 181 g/mol. The SMILES string of the molecule is COc1ccc(O[B]O)c(OC)c1. The van der Waals surface area contributed by atoms with Crippen molar-refractivity contribution in [2.24, 2.45) is 0 Å². The van der Waals surface area contributed by atoms with Gasteiger partial charge in [0.05, 0.1) is 14.2 Å². The molecule has 0 bridgehead atoms. The van der Waals surface area contributed by atoms with E-state index in [2.05, 4.69) is 0 Å². The predicted octanol–water partition coefficient (Wildman–Crippen LogP) is 0.609. The van der Waals surface area contributed by atoms with Crippen LogP contribution < -0.4 is 14.1 Å². The average molecular weight is 181 g/mol. The molecule has 1 aromatic carbocycles. The van der Waals surface area contributed by atoms with Gasteiger partial charge in [-0.2, -0.15) is 0 Å². The molecule has 0 aliphatic rings. The van der Waals surface area contributed by atoms with Crippen molar-refractivity contribution >= 4 is 7.69 Å². The molecule has 69 valence electrons. The zero-order valence-corrected chi connectivity index (χ0v) is 7.48. The Morgan fingerprint density at radius 3 is 2.46 bits per heavy atom. The molecule has 4 nitrogen and oxygen atoms in total. The van der Waals surface area contributed by atoms with Gasteiger partial charge in [-0.25, -0.2) is 0 Å². The van der Waals surface area contributed by atoms with Crippen LogP contribution in [0.4, 0.5) is 0 Å². The second-order valence-electron chi connectivity index (χ2n) is 2.24. The fourth-order valence-corrected chi connectivity index (χ4v) is 0.929. The van der Waals surface area contributed by atoms with Gasteiger partial charge in [0.2, 0.25) is 0 Å². The van der Waals surface area contributed by atoms with Gasteiger partial charge in [0.15, 0.2) is 5.75 Å². The maximum Gasteiger partial charge on any atom is 0.569 e. The van der Waals surface area contributed by atoms with Gasteiger partial charge in [-0.15, -0.1) is 0 Å². The predicted molar refractivity (Wildman–Crippen MR) is 48.1 cm³/mol. The van der Waals surface area contributed by atoms with Crippen LogP contribution in [0.2, 0.25) is 0 Å². The number of rotatable bonds is 4. The third-order valence-electron chi connectivity index (χ3n) is 1.55. The van der Waals surface area contributed by atoms with Crippen molar-refractivity contribution in [1.29, 1.82) is 0 Å². The summed E-state index contributed by atoms with van der Waals surface area (Å²) in [5.74, 6) is 1.61. The van der Waals surface area contributed by atoms with Crippen LogP contribution >= 0.6 is 0 Å². The minimum absolute atomic E-state index is 0.436. The summed E-state index contributed by atoms with van der Waals surface area (Å²) in [6.45, 7) is 0. The molecule has 1 aromatic rings. The number of benzene rings is 1. The van der Waals surface area contributed by atoms with E-state index in [0.29, 0.717) is 24.9 Å². The van der Waals surface area contributed by atoms with E-state index in [1.165, 1.54) is 7.11 Å². The van der Waals surface area contributed by atoms with Crippen LogP contribution in [0.5, 0.6) is 17.2 Å². The number of hydrogen-bond acceptors (Lipinski definition) is 4. The minimum Gasteiger partial charge on any atom is -0.535 e. The summed E-state index contributed by atoms with van der Waals surface area (Å²) in [5.41, 5.74) is 0. The fourth-order valence-electron chi connectivity index (χ4n) is 0.929. The van der Waals surface area contributed by atoms with Crippen LogP contribution in [0.15, 0.2) is 18.2 Å². The summed E-state index contributed by atoms with van der Waals surface area (Å²) < 4.78 is 14.8. The van der Waals surface area contributed by atoms with Gasteiger partial charge in [0.1, 0.15) is 11.5 Å². The van der Waals surface area contributed by atoms with Gasteiger partial charge < -0.3 is 19.2 Å². The van der Waals surface area contributed by atoms with Crippen LogP contribution in [0.25, 0.3) is 0 Å². The van der Waals surface area contributed by atoms with Crippen LogP contribution in [-0.2, 0) is 0 Å². The molecular weight excluding hydrogens is 171 g/mol. The van der Waals surface area contributed by atoms with Crippen molar-refractivity contribution in [3.8, 4) is 17.2 Å². The lowest BCUT2D eigenvalue weighted by molar-refractivity contribution is 0.371. The lowest BCUT2D eigenvalue weighted by atomic mass is 10.3. The zero-order valence-electron chi connectivity index (χ0n) is 7.48. The number of ether oxygens (including phenoxy) is 2. The van der Waals surface area contributed by atoms with Crippen LogP contribution in [0, 0.1) is 0 Å². The molecule has 0 aromatic heterocycles. The molecule has 0 amide bonds. The highest BCUT2D eigenvalue weighted by Crippen LogP contribution is 2.30. The van der Waals surface area contributed by atoms with Gasteiger partial charge in [-0.05, 0) is 12.1 Å². The normalized spacial score (nSPS) is 9.15. The number of hydrogen-bond donors (Lipinski definition) is 1. The van der Waals surface area contributed by atoms with Gasteiger partial charge in [0.25, 0.3) is 0 Å². The Hall–Kier alpha value is -1.36. The first-order valence-electron chi connectivity index (χ1n) is 3.66. The topological polar surface area (TPSA) is 47.9 Å². The molecule has 0 unspecified atom stereocenters. The van der Waals surface area contributed by atoms with Crippen molar-refractivity contribution in [2.45, 2.75) is 0 Å². The molecule has 1 rings (SSSR count). The highest BCUT2D eigenvalue weighted by molar-refractivity contribution is 6.17.